The van der Waals surface area contributed by atoms with E-state index in [1.807, 2.05) is 0 Å². The van der Waals surface area contributed by atoms with E-state index in [0.29, 0.717) is 17.7 Å². The molecule has 0 bridgehead atoms. The average Bonchev–Trinajstić information content (AvgIpc) is 2.92. The smallest absolute Gasteiger partial charge is 0.271 e. The predicted octanol–water partition coefficient (Wildman–Crippen LogP) is 1.58. The summed E-state index contributed by atoms with van der Waals surface area (Å²) in [7, 11) is 0. The molecule has 2 unspecified atom stereocenters. The van der Waals surface area contributed by atoms with E-state index in [0.717, 1.165) is 0 Å². The molecule has 22 heavy (non-hydrogen) atoms. The third kappa shape index (κ3) is 4.47. The number of carbonyl (C=O) groups is 1. The third-order valence-corrected chi connectivity index (χ3v) is 3.32. The number of hydrogen-bond acceptors (Lipinski definition) is 6. The Labute approximate surface area is 127 Å². The summed E-state index contributed by atoms with van der Waals surface area (Å²) in [5.41, 5.74) is 1.35. The van der Waals surface area contributed by atoms with Crippen LogP contribution in [0.25, 0.3) is 0 Å². The molecular weight excluding hydrogens is 290 g/mol. The van der Waals surface area contributed by atoms with Gasteiger partial charge >= 0.3 is 0 Å². The van der Waals surface area contributed by atoms with Crippen LogP contribution in [0.2, 0.25) is 0 Å². The number of hydrogen-bond donors (Lipinski definition) is 2. The number of amides is 1. The fourth-order valence-electron chi connectivity index (χ4n) is 1.93. The monoisotopic (exact) mass is 309 g/mol. The number of aromatic amines is 1. The summed E-state index contributed by atoms with van der Waals surface area (Å²) >= 11 is 0. The maximum atomic E-state index is 11.9. The lowest BCUT2D eigenvalue weighted by atomic mass is 10.0. The van der Waals surface area contributed by atoms with Crippen LogP contribution in [0.1, 0.15) is 36.5 Å². The second-order valence-corrected chi connectivity index (χ2v) is 4.82. The first-order valence-electron chi connectivity index (χ1n) is 6.85. The van der Waals surface area contributed by atoms with E-state index in [9.17, 15) is 19.8 Å². The quantitative estimate of drug-likeness (QED) is 0.326. The molecule has 1 aromatic rings. The summed E-state index contributed by atoms with van der Waals surface area (Å²) < 4.78 is 0. The van der Waals surface area contributed by atoms with Crippen molar-refractivity contribution in [1.82, 2.24) is 15.3 Å². The first-order valence-corrected chi connectivity index (χ1v) is 6.85. The number of rotatable bonds is 8. The number of nitrogens with one attached hydrogen (secondary N) is 2. The number of imidazole rings is 1. The van der Waals surface area contributed by atoms with Crippen molar-refractivity contribution < 1.29 is 9.72 Å². The number of aromatic nitrogens is 2. The van der Waals surface area contributed by atoms with Gasteiger partial charge in [-0.2, -0.15) is 4.91 Å². The molecule has 0 aromatic carbocycles. The second kappa shape index (κ2) is 8.01. The van der Waals surface area contributed by atoms with E-state index in [4.69, 9.17) is 0 Å². The summed E-state index contributed by atoms with van der Waals surface area (Å²) in [4.78, 5) is 39.8. The molecule has 9 heteroatoms. The van der Waals surface area contributed by atoms with Crippen LogP contribution in [0.3, 0.4) is 0 Å². The Balaban J connectivity index is 2.72. The van der Waals surface area contributed by atoms with Crippen LogP contribution in [0, 0.1) is 21.9 Å². The fraction of sp³-hybridized carbons (Fsp3) is 0.538. The molecule has 0 saturated heterocycles. The molecule has 0 fully saturated rings. The molecule has 9 nitrogen and oxygen atoms in total. The molecule has 2 N–H and O–H groups in total. The molecule has 0 saturated carbocycles. The van der Waals surface area contributed by atoms with Crippen molar-refractivity contribution in [3.05, 3.63) is 44.4 Å². The molecule has 0 aliphatic heterocycles. The minimum absolute atomic E-state index is 0.0391. The van der Waals surface area contributed by atoms with Gasteiger partial charge in [-0.15, -0.1) is 0 Å². The molecule has 0 spiro atoms. The highest BCUT2D eigenvalue weighted by Gasteiger charge is 2.20. The topological polar surface area (TPSA) is 130 Å². The predicted molar refractivity (Wildman–Crippen MR) is 80.1 cm³/mol. The number of carbonyl (C=O) groups excluding carboxylic acids is 1. The van der Waals surface area contributed by atoms with E-state index < -0.39 is 22.9 Å². The zero-order chi connectivity index (χ0) is 16.7. The number of nitroso groups, excluding NO2 is 1. The van der Waals surface area contributed by atoms with Crippen LogP contribution in [0.4, 0.5) is 0 Å². The normalized spacial score (nSPS) is 14.2. The average molecular weight is 309 g/mol. The lowest BCUT2D eigenvalue weighted by Crippen LogP contribution is -2.31. The van der Waals surface area contributed by atoms with E-state index in [1.54, 1.807) is 13.8 Å². The standard InChI is InChI=1S/C13H19N5O4/c1-4-10(9(3)18(21)22)5-11(17-20)6-14-13(19)12-8(2)15-7-16-12/h5,7,9,11H,4,6H2,1-3H3,(H,14,19)(H,15,16). The minimum atomic E-state index is -0.890. The van der Waals surface area contributed by atoms with Crippen LogP contribution in [0.15, 0.2) is 23.2 Å². The molecule has 1 amide bonds. The Bertz CT molecular complexity index is 581. The highest BCUT2D eigenvalue weighted by Crippen LogP contribution is 2.12. The van der Waals surface area contributed by atoms with Crippen LogP contribution >= 0.6 is 0 Å². The van der Waals surface area contributed by atoms with Gasteiger partial charge in [0.1, 0.15) is 11.7 Å². The van der Waals surface area contributed by atoms with Crippen LogP contribution in [-0.4, -0.2) is 39.4 Å². The summed E-state index contributed by atoms with van der Waals surface area (Å²) in [6, 6.07) is -1.75. The number of nitro groups is 1. The lowest BCUT2D eigenvalue weighted by Gasteiger charge is -2.11. The van der Waals surface area contributed by atoms with E-state index in [2.05, 4.69) is 20.5 Å². The van der Waals surface area contributed by atoms with Gasteiger partial charge in [0.25, 0.3) is 5.91 Å². The Morgan fingerprint density at radius 2 is 2.32 bits per heavy atom. The minimum Gasteiger partial charge on any atom is -0.348 e. The van der Waals surface area contributed by atoms with Gasteiger partial charge in [0.15, 0.2) is 0 Å². The van der Waals surface area contributed by atoms with Crippen molar-refractivity contribution in [2.24, 2.45) is 5.18 Å². The van der Waals surface area contributed by atoms with Gasteiger partial charge in [-0.05, 0) is 19.4 Å². The number of aryl methyl sites for hydroxylation is 1. The molecule has 1 aromatic heterocycles. The zero-order valence-corrected chi connectivity index (χ0v) is 12.7. The molecule has 1 heterocycles. The summed E-state index contributed by atoms with van der Waals surface area (Å²) in [6.07, 6.45) is 3.27. The molecule has 0 radical (unpaired) electrons. The molecule has 0 aliphatic rings. The van der Waals surface area contributed by atoms with E-state index >= 15 is 0 Å². The van der Waals surface area contributed by atoms with Gasteiger partial charge in [0.2, 0.25) is 6.04 Å². The van der Waals surface area contributed by atoms with Crippen LogP contribution in [0.5, 0.6) is 0 Å². The molecular formula is C13H19N5O4. The number of H-pyrrole nitrogens is 1. The summed E-state index contributed by atoms with van der Waals surface area (Å²) in [5.74, 6) is -0.429. The first-order chi connectivity index (χ1) is 10.4. The van der Waals surface area contributed by atoms with Gasteiger partial charge in [-0.1, -0.05) is 12.1 Å². The van der Waals surface area contributed by atoms with Gasteiger partial charge < -0.3 is 10.3 Å². The second-order valence-electron chi connectivity index (χ2n) is 4.82. The van der Waals surface area contributed by atoms with E-state index in [1.165, 1.54) is 19.3 Å². The van der Waals surface area contributed by atoms with Gasteiger partial charge in [-0.3, -0.25) is 14.9 Å². The van der Waals surface area contributed by atoms with Crippen molar-refractivity contribution in [3.63, 3.8) is 0 Å². The molecule has 1 rings (SSSR count). The zero-order valence-electron chi connectivity index (χ0n) is 12.7. The largest absolute Gasteiger partial charge is 0.348 e. The Hall–Kier alpha value is -2.58. The van der Waals surface area contributed by atoms with Crippen molar-refractivity contribution in [1.29, 1.82) is 0 Å². The van der Waals surface area contributed by atoms with Crippen molar-refractivity contribution in [2.45, 2.75) is 39.3 Å². The summed E-state index contributed by atoms with van der Waals surface area (Å²) in [6.45, 7) is 4.87. The van der Waals surface area contributed by atoms with E-state index in [-0.39, 0.29) is 12.2 Å². The highest BCUT2D eigenvalue weighted by atomic mass is 16.6. The van der Waals surface area contributed by atoms with Crippen LogP contribution in [-0.2, 0) is 0 Å². The first kappa shape index (κ1) is 17.5. The Kier molecular flexibility index (Phi) is 6.36. The Morgan fingerprint density at radius 1 is 1.64 bits per heavy atom. The Morgan fingerprint density at radius 3 is 2.77 bits per heavy atom. The van der Waals surface area contributed by atoms with Gasteiger partial charge in [0, 0.05) is 29.7 Å². The molecule has 0 aliphatic carbocycles. The number of nitrogens with zero attached hydrogens (tertiary/aromatic N) is 3. The van der Waals surface area contributed by atoms with Crippen molar-refractivity contribution >= 4 is 5.91 Å². The maximum absolute atomic E-state index is 11.9. The third-order valence-electron chi connectivity index (χ3n) is 3.32. The lowest BCUT2D eigenvalue weighted by molar-refractivity contribution is -0.508. The van der Waals surface area contributed by atoms with Crippen molar-refractivity contribution in [3.8, 4) is 0 Å². The highest BCUT2D eigenvalue weighted by molar-refractivity contribution is 5.93. The van der Waals surface area contributed by atoms with Crippen molar-refractivity contribution in [2.75, 3.05) is 6.54 Å². The maximum Gasteiger partial charge on any atom is 0.271 e. The fourth-order valence-corrected chi connectivity index (χ4v) is 1.93. The van der Waals surface area contributed by atoms with Gasteiger partial charge in [0.05, 0.1) is 6.33 Å². The molecule has 120 valence electrons. The van der Waals surface area contributed by atoms with Gasteiger partial charge in [-0.25, -0.2) is 4.98 Å². The summed E-state index contributed by atoms with van der Waals surface area (Å²) in [5, 5.41) is 16.2. The van der Waals surface area contributed by atoms with Crippen LogP contribution < -0.4 is 5.32 Å². The molecule has 2 atom stereocenters. The SMILES string of the molecule is CCC(=CC(CNC(=O)c1nc[nH]c1C)N=O)C(C)[N+](=O)[O-].